The summed E-state index contributed by atoms with van der Waals surface area (Å²) >= 11 is 0. The number of alkyl halides is 3. The highest BCUT2D eigenvalue weighted by atomic mass is 19.4. The molecule has 0 spiro atoms. The molecule has 0 nitrogen and oxygen atoms in total. The molecule has 5 aliphatic rings. The molecule has 4 heteroatoms. The first-order valence-corrected chi connectivity index (χ1v) is 46.2. The summed E-state index contributed by atoms with van der Waals surface area (Å²) < 4.78 is 46.9. The Kier molecular flexibility index (Phi) is 72.3. The molecule has 0 atom stereocenters. The summed E-state index contributed by atoms with van der Waals surface area (Å²) in [5.74, 6) is 16.8. The molecule has 3 aromatic rings. The lowest BCUT2D eigenvalue weighted by Crippen LogP contribution is -2.12. The largest absolute Gasteiger partial charge is 0.389 e. The van der Waals surface area contributed by atoms with Crippen molar-refractivity contribution in [2.75, 3.05) is 0 Å². The van der Waals surface area contributed by atoms with Gasteiger partial charge in [-0.3, -0.25) is 0 Å². The van der Waals surface area contributed by atoms with E-state index in [9.17, 15) is 17.6 Å². The van der Waals surface area contributed by atoms with Gasteiger partial charge in [-0.1, -0.05) is 450 Å². The number of halogens is 4. The van der Waals surface area contributed by atoms with Crippen LogP contribution in [-0.4, -0.2) is 6.18 Å². The van der Waals surface area contributed by atoms with E-state index in [1.54, 1.807) is 19.9 Å². The minimum absolute atomic E-state index is 0.0822. The van der Waals surface area contributed by atoms with Crippen LogP contribution in [0.15, 0.2) is 84.9 Å². The van der Waals surface area contributed by atoms with Gasteiger partial charge < -0.3 is 0 Å². The molecule has 8 rings (SSSR count). The molecule has 109 heavy (non-hydrogen) atoms. The van der Waals surface area contributed by atoms with Crippen LogP contribution in [0.1, 0.15) is 439 Å². The predicted molar refractivity (Wildman–Crippen MR) is 491 cm³/mol. The van der Waals surface area contributed by atoms with Crippen LogP contribution < -0.4 is 0 Å². The second kappa shape index (κ2) is 68.6. The molecule has 0 N–H and O–H groups in total. The maximum atomic E-state index is 12.9. The topological polar surface area (TPSA) is 0 Å². The minimum atomic E-state index is -3.98. The number of hydrogen-bond donors (Lipinski definition) is 0. The van der Waals surface area contributed by atoms with Crippen molar-refractivity contribution in [3.8, 4) is 0 Å². The summed E-state index contributed by atoms with van der Waals surface area (Å²) in [5, 5.41) is 0. The normalized spacial score (nSPS) is 15.5. The molecule has 0 heterocycles. The first-order valence-electron chi connectivity index (χ1n) is 46.2. The first-order chi connectivity index (χ1) is 50.3. The number of hydrogen-bond acceptors (Lipinski definition) is 0. The molecular weight excluding hydrogens is 1340 g/mol. The quantitative estimate of drug-likeness (QED) is 0.105. The van der Waals surface area contributed by atoms with Gasteiger partial charge >= 0.3 is 6.18 Å². The summed E-state index contributed by atoms with van der Waals surface area (Å²) in [4.78, 5) is 0. The van der Waals surface area contributed by atoms with E-state index in [-0.39, 0.29) is 11.7 Å². The van der Waals surface area contributed by atoms with E-state index in [0.717, 1.165) is 113 Å². The Morgan fingerprint density at radius 2 is 0.633 bits per heavy atom. The van der Waals surface area contributed by atoms with Crippen LogP contribution in [0.4, 0.5) is 17.6 Å². The second-order valence-electron chi connectivity index (χ2n) is 42.3. The third-order valence-corrected chi connectivity index (χ3v) is 21.1. The van der Waals surface area contributed by atoms with Crippen LogP contribution in [0, 0.1) is 129 Å². The standard InChI is InChI=1S/C10H13F.C10H20.C10H14.2C9H18.C9H12.C8H16.C8H18.C7H14.2C7H16.C6H14.C5H9F3/c1-8(2)7-9-5-3-4-6-10(9)11;2*1-9(2)8-10-6-4-3-5-7-10;1-8(2)7-9-5-3-4-6-9;2*1-8(2)9-6-4-3-5-7-9;1-7(2)6-8-4-3-5-8;1-7(2)6-8(3,4)5;1-6(2)5-7-3-4-7;1-6(2)7(3,4)5;1-6(2)5-7(3)4;1-5(2)6(3)4;1-4(2)3-5(6,7)8/h3-6,8H,7H2,1-2H3;9-10H,3-8H2,1-2H3;3-7,9H,8H2,1-2H3;2*8-9H,3-7H2,1-2H3;3-8H,1-2H3;7-8H,3-6H2,1-2H3;7H,6H2,1-5H3;6-7H,3-5H2,1-2H3;6H,1-5H3;6-7H,5H2,1-4H3;5-6H,1-4H3;4H,3H2,1-2H3. The van der Waals surface area contributed by atoms with E-state index in [0.29, 0.717) is 22.7 Å². The van der Waals surface area contributed by atoms with Crippen LogP contribution in [-0.2, 0) is 12.8 Å². The predicted octanol–water partition coefficient (Wildman–Crippen LogP) is 37.4. The van der Waals surface area contributed by atoms with E-state index in [2.05, 4.69) is 290 Å². The Bertz CT molecular complexity index is 2260. The van der Waals surface area contributed by atoms with Crippen LogP contribution in [0.25, 0.3) is 0 Å². The van der Waals surface area contributed by atoms with Gasteiger partial charge in [-0.15, -0.1) is 0 Å². The fraction of sp³-hybridized carbons (Fsp3) is 0.829. The van der Waals surface area contributed by atoms with Crippen molar-refractivity contribution >= 4 is 0 Å². The zero-order valence-corrected chi connectivity index (χ0v) is 80.4. The summed E-state index contributed by atoms with van der Waals surface area (Å²) in [6.45, 7) is 80.2. The third kappa shape index (κ3) is 89.2. The average molecular weight is 1540 g/mol. The number of rotatable bonds is 19. The highest BCUT2D eigenvalue weighted by Crippen LogP contribution is 2.36. The van der Waals surface area contributed by atoms with Gasteiger partial charge in [0.1, 0.15) is 5.82 Å². The van der Waals surface area contributed by atoms with E-state index >= 15 is 0 Å². The highest BCUT2D eigenvalue weighted by Gasteiger charge is 2.28. The van der Waals surface area contributed by atoms with Crippen molar-refractivity contribution in [3.05, 3.63) is 107 Å². The molecule has 0 amide bonds. The maximum Gasteiger partial charge on any atom is 0.389 e. The van der Waals surface area contributed by atoms with Gasteiger partial charge in [0.15, 0.2) is 0 Å². The van der Waals surface area contributed by atoms with Gasteiger partial charge in [-0.25, -0.2) is 4.39 Å². The van der Waals surface area contributed by atoms with Crippen LogP contribution in [0.5, 0.6) is 0 Å². The van der Waals surface area contributed by atoms with E-state index in [1.165, 1.54) is 184 Å². The Balaban J connectivity index is -0.000000359. The van der Waals surface area contributed by atoms with Gasteiger partial charge in [0, 0.05) is 6.42 Å². The van der Waals surface area contributed by atoms with Crippen LogP contribution in [0.2, 0.25) is 0 Å². The molecule has 0 radical (unpaired) electrons. The van der Waals surface area contributed by atoms with Crippen molar-refractivity contribution in [1.82, 2.24) is 0 Å². The van der Waals surface area contributed by atoms with Gasteiger partial charge in [-0.2, -0.15) is 13.2 Å². The Morgan fingerprint density at radius 3 is 0.835 bits per heavy atom. The molecule has 0 aliphatic heterocycles. The Morgan fingerprint density at radius 1 is 0.321 bits per heavy atom. The maximum absolute atomic E-state index is 12.9. The summed E-state index contributed by atoms with van der Waals surface area (Å²) in [6.07, 6.45) is 34.5. The van der Waals surface area contributed by atoms with Crippen LogP contribution in [0.3, 0.4) is 0 Å². The fourth-order valence-electron chi connectivity index (χ4n) is 13.9. The zero-order chi connectivity index (χ0) is 85.1. The second-order valence-corrected chi connectivity index (χ2v) is 42.3. The molecule has 5 fully saturated rings. The molecule has 0 aromatic heterocycles. The van der Waals surface area contributed by atoms with Crippen molar-refractivity contribution in [2.24, 2.45) is 123 Å². The molecule has 5 saturated carbocycles. The molecule has 0 unspecified atom stereocenters. The lowest BCUT2D eigenvalue weighted by atomic mass is 9.80. The minimum Gasteiger partial charge on any atom is -0.207 e. The highest BCUT2D eigenvalue weighted by molar-refractivity contribution is 5.18. The SMILES string of the molecule is CC(C)C(C)(C)C.CC(C)C(C)C.CC(C)C1CCCCC1.CC(C)CC(C)(C)C.CC(C)CC(C)C.CC(C)CC(F)(F)F.CC(C)CC1CC1.CC(C)CC1CCC1.CC(C)CC1CCCC1.CC(C)CC1CCCCC1.CC(C)Cc1ccccc1.CC(C)Cc1ccccc1F.CC(C)c1ccccc1. The molecule has 0 saturated heterocycles. The van der Waals surface area contributed by atoms with E-state index in [4.69, 9.17) is 0 Å². The molecule has 5 aliphatic carbocycles. The monoisotopic (exact) mass is 1540 g/mol. The molecule has 3 aromatic carbocycles. The van der Waals surface area contributed by atoms with Gasteiger partial charge in [0.2, 0.25) is 0 Å². The van der Waals surface area contributed by atoms with E-state index < -0.39 is 12.6 Å². The Labute approximate surface area is 685 Å². The molecular formula is C105H198F4. The van der Waals surface area contributed by atoms with Crippen molar-refractivity contribution in [1.29, 1.82) is 0 Å². The lowest BCUT2D eigenvalue weighted by Gasteiger charge is -2.26. The molecule has 646 valence electrons. The summed E-state index contributed by atoms with van der Waals surface area (Å²) in [6, 6.07) is 28.1. The van der Waals surface area contributed by atoms with Crippen molar-refractivity contribution in [3.63, 3.8) is 0 Å². The zero-order valence-electron chi connectivity index (χ0n) is 80.4. The lowest BCUT2D eigenvalue weighted by molar-refractivity contribution is -0.141. The fourth-order valence-corrected chi connectivity index (χ4v) is 13.9. The first kappa shape index (κ1) is 115. The van der Waals surface area contributed by atoms with Crippen LogP contribution >= 0.6 is 0 Å². The Hall–Kier alpha value is -2.62. The van der Waals surface area contributed by atoms with Gasteiger partial charge in [0.05, 0.1) is 0 Å². The van der Waals surface area contributed by atoms with E-state index in [1.807, 2.05) is 18.2 Å². The molecule has 0 bridgehead atoms. The van der Waals surface area contributed by atoms with Gasteiger partial charge in [0.25, 0.3) is 0 Å². The van der Waals surface area contributed by atoms with Crippen molar-refractivity contribution < 1.29 is 17.6 Å². The smallest absolute Gasteiger partial charge is 0.207 e. The van der Waals surface area contributed by atoms with Crippen molar-refractivity contribution in [2.45, 2.75) is 441 Å². The average Bonchev–Trinajstić information content (AvgIpc) is 1.79. The third-order valence-electron chi connectivity index (χ3n) is 21.1. The number of benzene rings is 3. The summed E-state index contributed by atoms with van der Waals surface area (Å²) in [5.41, 5.74) is 4.70. The summed E-state index contributed by atoms with van der Waals surface area (Å²) in [7, 11) is 0. The van der Waals surface area contributed by atoms with Gasteiger partial charge in [-0.05, 0) is 203 Å².